The van der Waals surface area contributed by atoms with E-state index in [9.17, 15) is 13.6 Å². The van der Waals surface area contributed by atoms with Crippen LogP contribution in [-0.4, -0.2) is 17.7 Å². The van der Waals surface area contributed by atoms with Gasteiger partial charge in [0.2, 0.25) is 6.79 Å². The van der Waals surface area contributed by atoms with Gasteiger partial charge in [-0.25, -0.2) is 13.8 Å². The molecule has 0 bridgehead atoms. The monoisotopic (exact) mass is 369 g/mol. The molecule has 0 saturated heterocycles. The van der Waals surface area contributed by atoms with E-state index in [-0.39, 0.29) is 12.7 Å². The SMILES string of the molecule is O=C(Nc1ccc2c(c1)OCO2)c1ccnc(Nc2ccc(F)c(F)c2)c1. The molecule has 8 heteroatoms. The maximum Gasteiger partial charge on any atom is 0.255 e. The van der Waals surface area contributed by atoms with Gasteiger partial charge in [0.25, 0.3) is 5.91 Å². The predicted octanol–water partition coefficient (Wildman–Crippen LogP) is 4.08. The third kappa shape index (κ3) is 3.64. The Morgan fingerprint density at radius 2 is 1.74 bits per heavy atom. The van der Waals surface area contributed by atoms with E-state index in [0.29, 0.717) is 34.3 Å². The molecule has 0 atom stereocenters. The molecule has 27 heavy (non-hydrogen) atoms. The number of rotatable bonds is 4. The van der Waals surface area contributed by atoms with Gasteiger partial charge in [-0.1, -0.05) is 0 Å². The molecular weight excluding hydrogens is 356 g/mol. The first-order chi connectivity index (χ1) is 13.1. The number of amides is 1. The average molecular weight is 369 g/mol. The van der Waals surface area contributed by atoms with Gasteiger partial charge in [-0.2, -0.15) is 0 Å². The predicted molar refractivity (Wildman–Crippen MR) is 94.4 cm³/mol. The van der Waals surface area contributed by atoms with Gasteiger partial charge < -0.3 is 20.1 Å². The second-order valence-corrected chi connectivity index (χ2v) is 5.71. The average Bonchev–Trinajstić information content (AvgIpc) is 3.13. The minimum Gasteiger partial charge on any atom is -0.454 e. The molecule has 2 N–H and O–H groups in total. The van der Waals surface area contributed by atoms with Crippen LogP contribution < -0.4 is 20.1 Å². The Morgan fingerprint density at radius 1 is 0.926 bits per heavy atom. The van der Waals surface area contributed by atoms with Crippen LogP contribution in [0.3, 0.4) is 0 Å². The lowest BCUT2D eigenvalue weighted by atomic mass is 10.2. The fourth-order valence-corrected chi connectivity index (χ4v) is 2.54. The van der Waals surface area contributed by atoms with Crippen molar-refractivity contribution in [3.63, 3.8) is 0 Å². The molecule has 0 saturated carbocycles. The number of hydrogen-bond donors (Lipinski definition) is 2. The molecule has 2 heterocycles. The Hall–Kier alpha value is -3.68. The van der Waals surface area contributed by atoms with Gasteiger partial charge in [0, 0.05) is 35.3 Å². The molecule has 3 aromatic rings. The maximum atomic E-state index is 13.3. The number of aromatic nitrogens is 1. The van der Waals surface area contributed by atoms with Crippen molar-refractivity contribution in [3.8, 4) is 11.5 Å². The molecule has 0 aliphatic carbocycles. The second kappa shape index (κ2) is 6.91. The van der Waals surface area contributed by atoms with Crippen molar-refractivity contribution in [1.29, 1.82) is 0 Å². The van der Waals surface area contributed by atoms with E-state index < -0.39 is 11.6 Å². The van der Waals surface area contributed by atoms with E-state index in [0.717, 1.165) is 12.1 Å². The lowest BCUT2D eigenvalue weighted by molar-refractivity contribution is 0.102. The van der Waals surface area contributed by atoms with Gasteiger partial charge in [-0.3, -0.25) is 4.79 Å². The number of pyridine rings is 1. The molecule has 1 aliphatic heterocycles. The van der Waals surface area contributed by atoms with Crippen LogP contribution in [0.4, 0.5) is 26.0 Å². The molecule has 1 amide bonds. The van der Waals surface area contributed by atoms with Crippen LogP contribution in [0.2, 0.25) is 0 Å². The van der Waals surface area contributed by atoms with Crippen molar-refractivity contribution >= 4 is 23.1 Å². The van der Waals surface area contributed by atoms with Crippen LogP contribution >= 0.6 is 0 Å². The molecule has 1 aromatic heterocycles. The van der Waals surface area contributed by atoms with Crippen molar-refractivity contribution < 1.29 is 23.0 Å². The van der Waals surface area contributed by atoms with Crippen LogP contribution in [0.15, 0.2) is 54.7 Å². The first kappa shape index (κ1) is 16.8. The number of hydrogen-bond acceptors (Lipinski definition) is 5. The summed E-state index contributed by atoms with van der Waals surface area (Å²) >= 11 is 0. The maximum absolute atomic E-state index is 13.3. The fraction of sp³-hybridized carbons (Fsp3) is 0.0526. The van der Waals surface area contributed by atoms with Crippen molar-refractivity contribution in [1.82, 2.24) is 4.98 Å². The number of fused-ring (bicyclic) bond motifs is 1. The Balaban J connectivity index is 1.49. The minimum absolute atomic E-state index is 0.149. The summed E-state index contributed by atoms with van der Waals surface area (Å²) < 4.78 is 36.8. The van der Waals surface area contributed by atoms with Crippen molar-refractivity contribution in [2.24, 2.45) is 0 Å². The van der Waals surface area contributed by atoms with E-state index in [1.807, 2.05) is 0 Å². The third-order valence-corrected chi connectivity index (χ3v) is 3.84. The highest BCUT2D eigenvalue weighted by Crippen LogP contribution is 2.34. The Morgan fingerprint density at radius 3 is 2.59 bits per heavy atom. The van der Waals surface area contributed by atoms with E-state index in [2.05, 4.69) is 15.6 Å². The Bertz CT molecular complexity index is 1030. The van der Waals surface area contributed by atoms with Crippen LogP contribution in [-0.2, 0) is 0 Å². The van der Waals surface area contributed by atoms with Crippen molar-refractivity contribution in [2.75, 3.05) is 17.4 Å². The van der Waals surface area contributed by atoms with E-state index >= 15 is 0 Å². The first-order valence-electron chi connectivity index (χ1n) is 7.97. The lowest BCUT2D eigenvalue weighted by Crippen LogP contribution is -2.12. The fourth-order valence-electron chi connectivity index (χ4n) is 2.54. The standard InChI is InChI=1S/C19H13F2N3O3/c20-14-3-1-12(8-15(14)21)23-18-7-11(5-6-22-18)19(25)24-13-2-4-16-17(9-13)27-10-26-16/h1-9H,10H2,(H,22,23)(H,24,25). The highest BCUT2D eigenvalue weighted by atomic mass is 19.2. The summed E-state index contributed by atoms with van der Waals surface area (Å²) in [5.41, 5.74) is 1.21. The number of anilines is 3. The van der Waals surface area contributed by atoms with Crippen LogP contribution in [0.25, 0.3) is 0 Å². The smallest absolute Gasteiger partial charge is 0.255 e. The van der Waals surface area contributed by atoms with Crippen molar-refractivity contribution in [2.45, 2.75) is 0 Å². The zero-order valence-electron chi connectivity index (χ0n) is 13.8. The number of ether oxygens (including phenoxy) is 2. The topological polar surface area (TPSA) is 72.5 Å². The summed E-state index contributed by atoms with van der Waals surface area (Å²) in [5, 5.41) is 5.59. The summed E-state index contributed by atoms with van der Waals surface area (Å²) in [6, 6.07) is 11.5. The van der Waals surface area contributed by atoms with Crippen molar-refractivity contribution in [3.05, 3.63) is 71.9 Å². The number of carbonyl (C=O) groups excluding carboxylic acids is 1. The molecule has 0 fully saturated rings. The molecule has 0 radical (unpaired) electrons. The number of halogens is 2. The number of nitrogens with zero attached hydrogens (tertiary/aromatic N) is 1. The normalized spacial score (nSPS) is 11.9. The van der Waals surface area contributed by atoms with E-state index in [4.69, 9.17) is 9.47 Å². The first-order valence-corrected chi connectivity index (χ1v) is 7.97. The zero-order valence-corrected chi connectivity index (χ0v) is 13.8. The summed E-state index contributed by atoms with van der Waals surface area (Å²) in [7, 11) is 0. The quantitative estimate of drug-likeness (QED) is 0.725. The molecule has 136 valence electrons. The van der Waals surface area contributed by atoms with Gasteiger partial charge in [0.1, 0.15) is 5.82 Å². The summed E-state index contributed by atoms with van der Waals surface area (Å²) in [5.74, 6) is -0.774. The third-order valence-electron chi connectivity index (χ3n) is 3.84. The van der Waals surface area contributed by atoms with E-state index in [1.165, 1.54) is 18.3 Å². The zero-order chi connectivity index (χ0) is 18.8. The Kier molecular flexibility index (Phi) is 4.29. The van der Waals surface area contributed by atoms with Crippen LogP contribution in [0, 0.1) is 11.6 Å². The highest BCUT2D eigenvalue weighted by molar-refractivity contribution is 6.04. The van der Waals surface area contributed by atoms with E-state index in [1.54, 1.807) is 24.3 Å². The molecule has 6 nitrogen and oxygen atoms in total. The summed E-state index contributed by atoms with van der Waals surface area (Å²) in [6.07, 6.45) is 1.44. The minimum atomic E-state index is -0.975. The van der Waals surface area contributed by atoms with Gasteiger partial charge in [0.15, 0.2) is 23.1 Å². The molecule has 2 aromatic carbocycles. The lowest BCUT2D eigenvalue weighted by Gasteiger charge is -2.09. The second-order valence-electron chi connectivity index (χ2n) is 5.71. The molecule has 0 spiro atoms. The van der Waals surface area contributed by atoms with Crippen LogP contribution in [0.1, 0.15) is 10.4 Å². The molecular formula is C19H13F2N3O3. The number of carbonyl (C=O) groups is 1. The van der Waals surface area contributed by atoms with Gasteiger partial charge in [0.05, 0.1) is 0 Å². The highest BCUT2D eigenvalue weighted by Gasteiger charge is 2.15. The summed E-state index contributed by atoms with van der Waals surface area (Å²) in [6.45, 7) is 0.149. The van der Waals surface area contributed by atoms with Crippen LogP contribution in [0.5, 0.6) is 11.5 Å². The molecule has 0 unspecified atom stereocenters. The van der Waals surface area contributed by atoms with Gasteiger partial charge >= 0.3 is 0 Å². The number of benzene rings is 2. The molecule has 4 rings (SSSR count). The Labute approximate surface area is 152 Å². The number of nitrogens with one attached hydrogen (secondary N) is 2. The van der Waals surface area contributed by atoms with Gasteiger partial charge in [-0.15, -0.1) is 0 Å². The largest absolute Gasteiger partial charge is 0.454 e. The van der Waals surface area contributed by atoms with Gasteiger partial charge in [-0.05, 0) is 36.4 Å². The molecule has 1 aliphatic rings. The summed E-state index contributed by atoms with van der Waals surface area (Å²) in [4.78, 5) is 16.5.